The Labute approximate surface area is 121 Å². The minimum absolute atomic E-state index is 0.0392. The van der Waals surface area contributed by atoms with Crippen LogP contribution in [-0.4, -0.2) is 21.2 Å². The number of carbonyl (C=O) groups excluding carboxylic acids is 2. The Hall–Kier alpha value is -2.14. The molecule has 5 nitrogen and oxygen atoms in total. The van der Waals surface area contributed by atoms with Crippen LogP contribution in [0, 0.1) is 0 Å². The molecule has 104 valence electrons. The summed E-state index contributed by atoms with van der Waals surface area (Å²) in [6.45, 7) is 1.51. The summed E-state index contributed by atoms with van der Waals surface area (Å²) < 4.78 is 1.68. The Kier molecular flexibility index (Phi) is 3.90. The van der Waals surface area contributed by atoms with Gasteiger partial charge in [0, 0.05) is 36.6 Å². The summed E-state index contributed by atoms with van der Waals surface area (Å²) in [5.41, 5.74) is 7.80. The van der Waals surface area contributed by atoms with Gasteiger partial charge in [0.15, 0.2) is 0 Å². The number of nitrogens with zero attached hydrogens (tertiary/aromatic N) is 2. The minimum atomic E-state index is -0.574. The molecule has 1 amide bonds. The Morgan fingerprint density at radius 2 is 2.10 bits per heavy atom. The molecule has 20 heavy (non-hydrogen) atoms. The van der Waals surface area contributed by atoms with Crippen molar-refractivity contribution >= 4 is 23.3 Å². The van der Waals surface area contributed by atoms with Crippen LogP contribution >= 0.6 is 11.6 Å². The van der Waals surface area contributed by atoms with Crippen molar-refractivity contribution in [2.45, 2.75) is 13.3 Å². The largest absolute Gasteiger partial charge is 0.366 e. The first-order valence-electron chi connectivity index (χ1n) is 6.00. The minimum Gasteiger partial charge on any atom is -0.366 e. The van der Waals surface area contributed by atoms with Crippen LogP contribution in [0.3, 0.4) is 0 Å². The van der Waals surface area contributed by atoms with E-state index < -0.39 is 5.91 Å². The molecule has 0 aliphatic heterocycles. The molecule has 0 aromatic carbocycles. The molecule has 2 aromatic heterocycles. The fraction of sp³-hybridized carbons (Fsp3) is 0.214. The molecule has 0 bridgehead atoms. The Bertz CT molecular complexity index is 692. The van der Waals surface area contributed by atoms with Crippen LogP contribution in [0.15, 0.2) is 24.4 Å². The highest BCUT2D eigenvalue weighted by molar-refractivity contribution is 6.33. The molecular weight excluding hydrogens is 278 g/mol. The molecule has 0 fully saturated rings. The number of carbonyl (C=O) groups is 2. The van der Waals surface area contributed by atoms with Gasteiger partial charge >= 0.3 is 0 Å². The Morgan fingerprint density at radius 1 is 1.40 bits per heavy atom. The number of hydrogen-bond acceptors (Lipinski definition) is 3. The lowest BCUT2D eigenvalue weighted by Gasteiger charge is -2.05. The number of Topliss-reactive ketones (excluding diaryl/α,β-unsaturated/α-hetero) is 1. The molecule has 2 rings (SSSR count). The first-order valence-corrected chi connectivity index (χ1v) is 6.37. The zero-order valence-electron chi connectivity index (χ0n) is 11.2. The van der Waals surface area contributed by atoms with E-state index in [1.165, 1.54) is 6.92 Å². The fourth-order valence-corrected chi connectivity index (χ4v) is 2.26. The van der Waals surface area contributed by atoms with Crippen molar-refractivity contribution in [1.29, 1.82) is 0 Å². The highest BCUT2D eigenvalue weighted by Crippen LogP contribution is 2.28. The molecule has 0 aliphatic rings. The summed E-state index contributed by atoms with van der Waals surface area (Å²) in [5.74, 6) is -0.535. The zero-order chi connectivity index (χ0) is 14.9. The second-order valence-corrected chi connectivity index (χ2v) is 4.93. The Morgan fingerprint density at radius 3 is 2.65 bits per heavy atom. The molecule has 0 aliphatic carbocycles. The van der Waals surface area contributed by atoms with Crippen molar-refractivity contribution in [1.82, 2.24) is 9.55 Å². The molecule has 0 atom stereocenters. The highest BCUT2D eigenvalue weighted by atomic mass is 35.5. The quantitative estimate of drug-likeness (QED) is 0.935. The maximum Gasteiger partial charge on any atom is 0.251 e. The van der Waals surface area contributed by atoms with E-state index in [-0.39, 0.29) is 22.9 Å². The van der Waals surface area contributed by atoms with Gasteiger partial charge in [0.25, 0.3) is 5.91 Å². The lowest BCUT2D eigenvalue weighted by Crippen LogP contribution is -2.10. The number of ketones is 1. The SMILES string of the molecule is CC(=O)Cc1cc(-c2cc(C(N)=O)c(Cl)n2C)ccn1. The van der Waals surface area contributed by atoms with Crippen molar-refractivity contribution in [3.05, 3.63) is 40.8 Å². The van der Waals surface area contributed by atoms with Gasteiger partial charge in [0.1, 0.15) is 10.9 Å². The maximum absolute atomic E-state index is 11.3. The monoisotopic (exact) mass is 291 g/mol. The van der Waals surface area contributed by atoms with E-state index >= 15 is 0 Å². The Balaban J connectivity index is 2.49. The van der Waals surface area contributed by atoms with Gasteiger partial charge in [0.2, 0.25) is 0 Å². The topological polar surface area (TPSA) is 78.0 Å². The van der Waals surface area contributed by atoms with Gasteiger partial charge in [-0.05, 0) is 25.1 Å². The number of aromatic nitrogens is 2. The van der Waals surface area contributed by atoms with Crippen LogP contribution < -0.4 is 5.73 Å². The van der Waals surface area contributed by atoms with Crippen molar-refractivity contribution in [2.75, 3.05) is 0 Å². The number of rotatable bonds is 4. The summed E-state index contributed by atoms with van der Waals surface area (Å²) in [7, 11) is 1.75. The number of nitrogens with two attached hydrogens (primary N) is 1. The average molecular weight is 292 g/mol. The predicted molar refractivity (Wildman–Crippen MR) is 76.6 cm³/mol. The maximum atomic E-state index is 11.3. The van der Waals surface area contributed by atoms with Gasteiger partial charge in [-0.1, -0.05) is 11.6 Å². The van der Waals surface area contributed by atoms with E-state index in [0.717, 1.165) is 11.3 Å². The first-order chi connectivity index (χ1) is 9.40. The van der Waals surface area contributed by atoms with Crippen molar-refractivity contribution < 1.29 is 9.59 Å². The second-order valence-electron chi connectivity index (χ2n) is 4.57. The van der Waals surface area contributed by atoms with Crippen molar-refractivity contribution in [2.24, 2.45) is 12.8 Å². The molecule has 2 aromatic rings. The summed E-state index contributed by atoms with van der Waals surface area (Å²) in [4.78, 5) is 26.6. The van der Waals surface area contributed by atoms with Gasteiger partial charge in [-0.2, -0.15) is 0 Å². The van der Waals surface area contributed by atoms with E-state index in [4.69, 9.17) is 17.3 Å². The van der Waals surface area contributed by atoms with E-state index in [2.05, 4.69) is 4.98 Å². The highest BCUT2D eigenvalue weighted by Gasteiger charge is 2.16. The van der Waals surface area contributed by atoms with E-state index in [1.807, 2.05) is 0 Å². The van der Waals surface area contributed by atoms with Crippen LogP contribution in [0.2, 0.25) is 5.15 Å². The number of halogens is 1. The number of pyridine rings is 1. The predicted octanol–water partition coefficient (Wildman–Crippen LogP) is 1.97. The fourth-order valence-electron chi connectivity index (χ4n) is 2.02. The van der Waals surface area contributed by atoms with Gasteiger partial charge in [-0.25, -0.2) is 0 Å². The van der Waals surface area contributed by atoms with Gasteiger partial charge < -0.3 is 10.3 Å². The third-order valence-corrected chi connectivity index (χ3v) is 3.42. The van der Waals surface area contributed by atoms with Gasteiger partial charge in [0.05, 0.1) is 5.56 Å². The third-order valence-electron chi connectivity index (χ3n) is 2.97. The first kappa shape index (κ1) is 14.3. The van der Waals surface area contributed by atoms with Crippen molar-refractivity contribution in [3.63, 3.8) is 0 Å². The summed E-state index contributed by atoms with van der Waals surface area (Å²) in [6, 6.07) is 5.23. The van der Waals surface area contributed by atoms with E-state index in [0.29, 0.717) is 5.69 Å². The number of hydrogen-bond donors (Lipinski definition) is 1. The molecule has 0 unspecified atom stereocenters. The molecule has 0 saturated carbocycles. The molecule has 0 saturated heterocycles. The standard InChI is InChI=1S/C14H14ClN3O2/c1-8(19)5-10-6-9(3-4-17-10)12-7-11(14(16)20)13(15)18(12)2/h3-4,6-7H,5H2,1-2H3,(H2,16,20). The van der Waals surface area contributed by atoms with E-state index in [1.54, 1.807) is 36.0 Å². The summed E-state index contributed by atoms with van der Waals surface area (Å²) in [5, 5.41) is 0.289. The normalized spacial score (nSPS) is 10.6. The van der Waals surface area contributed by atoms with E-state index in [9.17, 15) is 9.59 Å². The van der Waals surface area contributed by atoms with Gasteiger partial charge in [-0.3, -0.25) is 14.6 Å². The third kappa shape index (κ3) is 2.72. The summed E-state index contributed by atoms with van der Waals surface area (Å²) >= 11 is 6.08. The average Bonchev–Trinajstić information content (AvgIpc) is 2.66. The smallest absolute Gasteiger partial charge is 0.251 e. The molecule has 6 heteroatoms. The lowest BCUT2D eigenvalue weighted by molar-refractivity contribution is -0.116. The van der Waals surface area contributed by atoms with Gasteiger partial charge in [-0.15, -0.1) is 0 Å². The van der Waals surface area contributed by atoms with Crippen LogP contribution in [0.1, 0.15) is 23.0 Å². The number of amides is 1. The number of primary amides is 1. The van der Waals surface area contributed by atoms with Crippen LogP contribution in [0.5, 0.6) is 0 Å². The molecule has 2 heterocycles. The summed E-state index contributed by atoms with van der Waals surface area (Å²) in [6.07, 6.45) is 1.90. The molecule has 0 radical (unpaired) electrons. The second kappa shape index (κ2) is 5.46. The van der Waals surface area contributed by atoms with Crippen LogP contribution in [-0.2, 0) is 18.3 Å². The van der Waals surface area contributed by atoms with Crippen molar-refractivity contribution in [3.8, 4) is 11.3 Å². The molecule has 2 N–H and O–H groups in total. The van der Waals surface area contributed by atoms with Crippen LogP contribution in [0.25, 0.3) is 11.3 Å². The zero-order valence-corrected chi connectivity index (χ0v) is 11.9. The lowest BCUT2D eigenvalue weighted by atomic mass is 10.1. The van der Waals surface area contributed by atoms with Crippen LogP contribution in [0.4, 0.5) is 0 Å². The molecule has 0 spiro atoms. The molecular formula is C14H14ClN3O2.